The van der Waals surface area contributed by atoms with Crippen molar-refractivity contribution >= 4 is 5.97 Å². The second kappa shape index (κ2) is 7.66. The van der Waals surface area contributed by atoms with E-state index in [4.69, 9.17) is 4.74 Å². The summed E-state index contributed by atoms with van der Waals surface area (Å²) >= 11 is 0. The number of aliphatic hydroxyl groups is 2. The van der Waals surface area contributed by atoms with Crippen LogP contribution in [0.1, 0.15) is 59.3 Å². The van der Waals surface area contributed by atoms with Crippen molar-refractivity contribution in [1.29, 1.82) is 0 Å². The Hall–Kier alpha value is -1.39. The van der Waals surface area contributed by atoms with Crippen molar-refractivity contribution in [2.75, 3.05) is 0 Å². The average Bonchev–Trinajstić information content (AvgIpc) is 2.73. The molecule has 0 radical (unpaired) electrons. The summed E-state index contributed by atoms with van der Waals surface area (Å²) in [6, 6.07) is 0. The number of carbonyl (C=O) groups excluding carboxylic acids is 1. The second-order valence-corrected chi connectivity index (χ2v) is 7.57. The summed E-state index contributed by atoms with van der Waals surface area (Å²) in [4.78, 5) is 11.9. The summed E-state index contributed by atoms with van der Waals surface area (Å²) in [6.07, 6.45) is 7.19. The van der Waals surface area contributed by atoms with E-state index < -0.39 is 11.7 Å². The maximum Gasteiger partial charge on any atom is 0.334 e. The minimum atomic E-state index is -1.19. The van der Waals surface area contributed by atoms with Gasteiger partial charge in [0.05, 0.1) is 11.7 Å². The third-order valence-electron chi connectivity index (χ3n) is 5.31. The molecular formula is C20H30O4. The van der Waals surface area contributed by atoms with E-state index in [1.54, 1.807) is 6.92 Å². The molecule has 0 bridgehead atoms. The number of rotatable bonds is 0. The third kappa shape index (κ3) is 4.58. The molecule has 0 aromatic carbocycles. The average molecular weight is 334 g/mol. The molecule has 4 nitrogen and oxygen atoms in total. The van der Waals surface area contributed by atoms with Crippen LogP contribution >= 0.6 is 0 Å². The molecule has 0 amide bonds. The van der Waals surface area contributed by atoms with E-state index in [2.05, 4.69) is 25.7 Å². The first kappa shape index (κ1) is 18.9. The van der Waals surface area contributed by atoms with E-state index in [1.165, 1.54) is 11.1 Å². The Morgan fingerprint density at radius 2 is 1.92 bits per heavy atom. The summed E-state index contributed by atoms with van der Waals surface area (Å²) < 4.78 is 5.46. The number of allylic oxidation sites excluding steroid dienone is 3. The summed E-state index contributed by atoms with van der Waals surface area (Å²) in [6.45, 7) is 9.64. The Labute approximate surface area is 144 Å². The van der Waals surface area contributed by atoms with Gasteiger partial charge in [0, 0.05) is 17.9 Å². The lowest BCUT2D eigenvalue weighted by Gasteiger charge is -2.31. The SMILES string of the molecule is C=C1C(=O)O[C@H]2C/C(C)=C/CC/C(C)=C/CC[C@@](C)(O)[C@@H](O)C[C@@H]12. The Balaban J connectivity index is 2.24. The highest BCUT2D eigenvalue weighted by Crippen LogP contribution is 2.36. The van der Waals surface area contributed by atoms with E-state index in [0.717, 1.165) is 19.3 Å². The quantitative estimate of drug-likeness (QED) is 0.404. The molecule has 1 saturated heterocycles. The predicted octanol–water partition coefficient (Wildman–Crippen LogP) is 3.44. The molecule has 1 heterocycles. The molecule has 1 aliphatic carbocycles. The van der Waals surface area contributed by atoms with Gasteiger partial charge in [-0.1, -0.05) is 29.9 Å². The van der Waals surface area contributed by atoms with Gasteiger partial charge in [-0.25, -0.2) is 4.79 Å². The molecule has 1 fully saturated rings. The number of ether oxygens (including phenoxy) is 1. The van der Waals surface area contributed by atoms with Crippen molar-refractivity contribution in [2.24, 2.45) is 5.92 Å². The first-order valence-corrected chi connectivity index (χ1v) is 8.82. The zero-order chi connectivity index (χ0) is 17.9. The van der Waals surface area contributed by atoms with Gasteiger partial charge in [0.15, 0.2) is 0 Å². The molecule has 0 aromatic rings. The molecule has 1 aliphatic heterocycles. The zero-order valence-corrected chi connectivity index (χ0v) is 15.0. The lowest BCUT2D eigenvalue weighted by molar-refractivity contribution is -0.139. The number of esters is 1. The molecule has 2 N–H and O–H groups in total. The number of aliphatic hydroxyl groups excluding tert-OH is 1. The van der Waals surface area contributed by atoms with Crippen LogP contribution in [0.4, 0.5) is 0 Å². The van der Waals surface area contributed by atoms with Crippen molar-refractivity contribution < 1.29 is 19.7 Å². The number of hydrogen-bond donors (Lipinski definition) is 2. The smallest absolute Gasteiger partial charge is 0.334 e. The number of fused-ring (bicyclic) bond motifs is 1. The van der Waals surface area contributed by atoms with E-state index in [9.17, 15) is 15.0 Å². The van der Waals surface area contributed by atoms with Crippen LogP contribution in [0.5, 0.6) is 0 Å². The number of hydrogen-bond acceptors (Lipinski definition) is 4. The van der Waals surface area contributed by atoms with Crippen molar-refractivity contribution in [3.8, 4) is 0 Å². The van der Waals surface area contributed by atoms with E-state index in [0.29, 0.717) is 18.4 Å². The van der Waals surface area contributed by atoms with Crippen molar-refractivity contribution in [3.05, 3.63) is 35.5 Å². The fourth-order valence-electron chi connectivity index (χ4n) is 3.47. The van der Waals surface area contributed by atoms with Gasteiger partial charge < -0.3 is 14.9 Å². The van der Waals surface area contributed by atoms with Gasteiger partial charge in [0.1, 0.15) is 6.10 Å². The number of carbonyl (C=O) groups is 1. The lowest BCUT2D eigenvalue weighted by atomic mass is 9.81. The fraction of sp³-hybridized carbons (Fsp3) is 0.650. The second-order valence-electron chi connectivity index (χ2n) is 7.57. The molecule has 4 heteroatoms. The molecule has 2 rings (SSSR count). The van der Waals surface area contributed by atoms with Gasteiger partial charge in [-0.15, -0.1) is 0 Å². The van der Waals surface area contributed by atoms with Crippen molar-refractivity contribution in [1.82, 2.24) is 0 Å². The van der Waals surface area contributed by atoms with Crippen LogP contribution < -0.4 is 0 Å². The van der Waals surface area contributed by atoms with Crippen LogP contribution in [-0.4, -0.2) is 34.0 Å². The highest BCUT2D eigenvalue weighted by molar-refractivity contribution is 5.90. The molecule has 24 heavy (non-hydrogen) atoms. The zero-order valence-electron chi connectivity index (χ0n) is 15.0. The molecule has 0 aromatic heterocycles. The summed E-state index contributed by atoms with van der Waals surface area (Å²) in [7, 11) is 0. The van der Waals surface area contributed by atoms with Crippen LogP contribution in [0, 0.1) is 5.92 Å². The molecule has 0 spiro atoms. The van der Waals surface area contributed by atoms with E-state index in [1.807, 2.05) is 6.92 Å². The van der Waals surface area contributed by atoms with Crippen molar-refractivity contribution in [2.45, 2.75) is 77.1 Å². The molecule has 2 aliphatic rings. The Morgan fingerprint density at radius 1 is 1.25 bits per heavy atom. The first-order chi connectivity index (χ1) is 11.2. The van der Waals surface area contributed by atoms with Crippen LogP contribution in [0.15, 0.2) is 35.5 Å². The van der Waals surface area contributed by atoms with Gasteiger partial charge in [0.2, 0.25) is 0 Å². The third-order valence-corrected chi connectivity index (χ3v) is 5.31. The standard InChI is InChI=1S/C20H30O4/c1-13-7-5-8-14(2)11-17-16(15(3)19(22)24-17)12-18(21)20(4,23)10-6-9-13/h8-9,16-18,21,23H,3,5-7,10-12H2,1-2,4H3/b13-9+,14-8+/t16-,17-,18-,20+/m0/s1. The topological polar surface area (TPSA) is 66.8 Å². The largest absolute Gasteiger partial charge is 0.458 e. The Kier molecular flexibility index (Phi) is 6.05. The maximum absolute atomic E-state index is 11.9. The Bertz CT molecular complexity index is 556. The minimum Gasteiger partial charge on any atom is -0.458 e. The van der Waals surface area contributed by atoms with Gasteiger partial charge >= 0.3 is 5.97 Å². The van der Waals surface area contributed by atoms with Gasteiger partial charge in [0.25, 0.3) is 0 Å². The highest BCUT2D eigenvalue weighted by Gasteiger charge is 2.42. The van der Waals surface area contributed by atoms with E-state index >= 15 is 0 Å². The molecule has 0 unspecified atom stereocenters. The molecule has 4 atom stereocenters. The van der Waals surface area contributed by atoms with Gasteiger partial charge in [-0.2, -0.15) is 0 Å². The van der Waals surface area contributed by atoms with Crippen molar-refractivity contribution in [3.63, 3.8) is 0 Å². The minimum absolute atomic E-state index is 0.248. The lowest BCUT2D eigenvalue weighted by Crippen LogP contribution is -2.41. The van der Waals surface area contributed by atoms with Gasteiger partial charge in [-0.05, 0) is 52.9 Å². The van der Waals surface area contributed by atoms with Crippen LogP contribution in [-0.2, 0) is 9.53 Å². The highest BCUT2D eigenvalue weighted by atomic mass is 16.6. The summed E-state index contributed by atoms with van der Waals surface area (Å²) in [5, 5.41) is 21.2. The van der Waals surface area contributed by atoms with E-state index in [-0.39, 0.29) is 24.4 Å². The summed E-state index contributed by atoms with van der Waals surface area (Å²) in [5.74, 6) is -0.631. The molecule has 0 saturated carbocycles. The fourth-order valence-corrected chi connectivity index (χ4v) is 3.47. The molecular weight excluding hydrogens is 304 g/mol. The van der Waals surface area contributed by atoms with Crippen LogP contribution in [0.2, 0.25) is 0 Å². The van der Waals surface area contributed by atoms with Crippen LogP contribution in [0.25, 0.3) is 0 Å². The Morgan fingerprint density at radius 3 is 2.62 bits per heavy atom. The summed E-state index contributed by atoms with van der Waals surface area (Å²) in [5.41, 5.74) is 1.69. The van der Waals surface area contributed by atoms with Crippen LogP contribution in [0.3, 0.4) is 0 Å². The first-order valence-electron chi connectivity index (χ1n) is 8.82. The maximum atomic E-state index is 11.9. The predicted molar refractivity (Wildman–Crippen MR) is 94.4 cm³/mol. The monoisotopic (exact) mass is 334 g/mol. The molecule has 134 valence electrons. The normalized spacial score (nSPS) is 40.6. The van der Waals surface area contributed by atoms with Gasteiger partial charge in [-0.3, -0.25) is 0 Å².